The number of aromatic nitrogens is 1. The van der Waals surface area contributed by atoms with Crippen LogP contribution >= 0.6 is 0 Å². The molecule has 0 bridgehead atoms. The van der Waals surface area contributed by atoms with E-state index < -0.39 is 0 Å². The summed E-state index contributed by atoms with van der Waals surface area (Å²) in [6, 6.07) is -0.270. The zero-order valence-corrected chi connectivity index (χ0v) is 9.28. The highest BCUT2D eigenvalue weighted by Gasteiger charge is 2.18. The zero-order valence-electron chi connectivity index (χ0n) is 9.28. The standard InChI is InChI=1S/C10H17N3O2/c1-4-12-9(14)7-5-15-10(13-7)8(11)6(2)3/h5-6,8H,4,11H2,1-3H3,(H,12,14). The molecule has 1 rings (SSSR count). The Kier molecular flexibility index (Phi) is 3.85. The molecule has 1 aromatic heterocycles. The number of nitrogens with one attached hydrogen (secondary N) is 1. The molecule has 0 saturated carbocycles. The van der Waals surface area contributed by atoms with Crippen molar-refractivity contribution in [2.45, 2.75) is 26.8 Å². The smallest absolute Gasteiger partial charge is 0.273 e. The molecule has 1 atom stereocenters. The van der Waals surface area contributed by atoms with E-state index in [9.17, 15) is 4.79 Å². The van der Waals surface area contributed by atoms with E-state index >= 15 is 0 Å². The highest BCUT2D eigenvalue weighted by atomic mass is 16.3. The summed E-state index contributed by atoms with van der Waals surface area (Å²) in [6.07, 6.45) is 1.34. The number of amides is 1. The number of carbonyl (C=O) groups is 1. The van der Waals surface area contributed by atoms with E-state index in [1.165, 1.54) is 6.26 Å². The Balaban J connectivity index is 2.76. The van der Waals surface area contributed by atoms with Crippen LogP contribution in [0.25, 0.3) is 0 Å². The second-order valence-electron chi connectivity index (χ2n) is 3.70. The average Bonchev–Trinajstić information content (AvgIpc) is 2.65. The molecule has 1 amide bonds. The monoisotopic (exact) mass is 211 g/mol. The summed E-state index contributed by atoms with van der Waals surface area (Å²) in [7, 11) is 0. The van der Waals surface area contributed by atoms with Gasteiger partial charge in [-0.2, -0.15) is 0 Å². The number of nitrogens with two attached hydrogens (primary N) is 1. The summed E-state index contributed by atoms with van der Waals surface area (Å²) in [4.78, 5) is 15.4. The van der Waals surface area contributed by atoms with Crippen molar-refractivity contribution in [3.05, 3.63) is 17.8 Å². The number of hydrogen-bond donors (Lipinski definition) is 2. The maximum Gasteiger partial charge on any atom is 0.273 e. The molecule has 5 nitrogen and oxygen atoms in total. The quantitative estimate of drug-likeness (QED) is 0.780. The Morgan fingerprint density at radius 2 is 2.33 bits per heavy atom. The van der Waals surface area contributed by atoms with Crippen LogP contribution in [0.1, 0.15) is 43.2 Å². The average molecular weight is 211 g/mol. The summed E-state index contributed by atoms with van der Waals surface area (Å²) in [5, 5.41) is 2.64. The van der Waals surface area contributed by atoms with Gasteiger partial charge in [-0.25, -0.2) is 4.98 Å². The van der Waals surface area contributed by atoms with Crippen LogP contribution in [-0.4, -0.2) is 17.4 Å². The van der Waals surface area contributed by atoms with Crippen LogP contribution in [0.3, 0.4) is 0 Å². The molecule has 15 heavy (non-hydrogen) atoms. The largest absolute Gasteiger partial charge is 0.446 e. The third kappa shape index (κ3) is 2.79. The van der Waals surface area contributed by atoms with Crippen LogP contribution in [0.5, 0.6) is 0 Å². The predicted molar refractivity (Wildman–Crippen MR) is 56.3 cm³/mol. The van der Waals surface area contributed by atoms with Gasteiger partial charge in [-0.15, -0.1) is 0 Å². The molecular formula is C10H17N3O2. The van der Waals surface area contributed by atoms with E-state index in [1.54, 1.807) is 0 Å². The van der Waals surface area contributed by atoms with Crippen molar-refractivity contribution < 1.29 is 9.21 Å². The van der Waals surface area contributed by atoms with Crippen molar-refractivity contribution in [2.24, 2.45) is 11.7 Å². The lowest BCUT2D eigenvalue weighted by atomic mass is 10.1. The summed E-state index contributed by atoms with van der Waals surface area (Å²) < 4.78 is 5.16. The van der Waals surface area contributed by atoms with Gasteiger partial charge in [0.2, 0.25) is 5.89 Å². The van der Waals surface area contributed by atoms with Crippen molar-refractivity contribution in [3.63, 3.8) is 0 Å². The number of carbonyl (C=O) groups excluding carboxylic acids is 1. The molecule has 0 radical (unpaired) electrons. The van der Waals surface area contributed by atoms with E-state index in [-0.39, 0.29) is 23.6 Å². The molecule has 0 fully saturated rings. The number of nitrogens with zero attached hydrogens (tertiary/aromatic N) is 1. The van der Waals surface area contributed by atoms with Gasteiger partial charge in [-0.1, -0.05) is 13.8 Å². The van der Waals surface area contributed by atoms with Crippen molar-refractivity contribution >= 4 is 5.91 Å². The molecule has 1 aromatic rings. The van der Waals surface area contributed by atoms with Gasteiger partial charge in [-0.3, -0.25) is 4.79 Å². The minimum Gasteiger partial charge on any atom is -0.446 e. The van der Waals surface area contributed by atoms with Crippen molar-refractivity contribution in [1.82, 2.24) is 10.3 Å². The van der Waals surface area contributed by atoms with Crippen LogP contribution in [0.15, 0.2) is 10.7 Å². The highest BCUT2D eigenvalue weighted by Crippen LogP contribution is 2.17. The fourth-order valence-electron chi connectivity index (χ4n) is 1.08. The molecule has 5 heteroatoms. The van der Waals surface area contributed by atoms with Gasteiger partial charge >= 0.3 is 0 Å². The molecule has 1 unspecified atom stereocenters. The Morgan fingerprint density at radius 1 is 1.67 bits per heavy atom. The molecule has 0 saturated heterocycles. The molecule has 1 heterocycles. The maximum absolute atomic E-state index is 11.4. The maximum atomic E-state index is 11.4. The third-order valence-corrected chi connectivity index (χ3v) is 2.10. The SMILES string of the molecule is CCNC(=O)c1coc(C(N)C(C)C)n1. The van der Waals surface area contributed by atoms with Crippen molar-refractivity contribution in [2.75, 3.05) is 6.54 Å². The summed E-state index contributed by atoms with van der Waals surface area (Å²) in [6.45, 7) is 6.36. The van der Waals surface area contributed by atoms with Crippen LogP contribution in [0.2, 0.25) is 0 Å². The summed E-state index contributed by atoms with van der Waals surface area (Å²) in [5.74, 6) is 0.403. The number of oxazole rings is 1. The fraction of sp³-hybridized carbons (Fsp3) is 0.600. The Hall–Kier alpha value is -1.36. The normalized spacial score (nSPS) is 12.9. The van der Waals surface area contributed by atoms with E-state index in [0.717, 1.165) is 0 Å². The van der Waals surface area contributed by atoms with Gasteiger partial charge < -0.3 is 15.5 Å². The summed E-state index contributed by atoms with van der Waals surface area (Å²) >= 11 is 0. The first-order valence-corrected chi connectivity index (χ1v) is 5.05. The Bertz CT molecular complexity index is 333. The van der Waals surface area contributed by atoms with Crippen LogP contribution < -0.4 is 11.1 Å². The van der Waals surface area contributed by atoms with Crippen LogP contribution in [-0.2, 0) is 0 Å². The second kappa shape index (κ2) is 4.93. The van der Waals surface area contributed by atoms with E-state index in [0.29, 0.717) is 12.4 Å². The Morgan fingerprint density at radius 3 is 2.87 bits per heavy atom. The second-order valence-corrected chi connectivity index (χ2v) is 3.70. The predicted octanol–water partition coefficient (Wildman–Crippen LogP) is 1.08. The van der Waals surface area contributed by atoms with Gasteiger partial charge in [0.15, 0.2) is 5.69 Å². The lowest BCUT2D eigenvalue weighted by molar-refractivity contribution is 0.0951. The molecule has 0 aliphatic rings. The van der Waals surface area contributed by atoms with E-state index in [4.69, 9.17) is 10.2 Å². The first-order chi connectivity index (χ1) is 7.06. The fourth-order valence-corrected chi connectivity index (χ4v) is 1.08. The Labute approximate surface area is 89.1 Å². The van der Waals surface area contributed by atoms with E-state index in [2.05, 4.69) is 10.3 Å². The van der Waals surface area contributed by atoms with Gasteiger partial charge in [0.1, 0.15) is 6.26 Å². The minimum atomic E-state index is -0.270. The molecule has 0 spiro atoms. The first kappa shape index (κ1) is 11.7. The molecule has 0 aliphatic heterocycles. The zero-order chi connectivity index (χ0) is 11.4. The van der Waals surface area contributed by atoms with E-state index in [1.807, 2.05) is 20.8 Å². The van der Waals surface area contributed by atoms with Gasteiger partial charge in [-0.05, 0) is 12.8 Å². The molecular weight excluding hydrogens is 194 g/mol. The summed E-state index contributed by atoms with van der Waals surface area (Å²) in [5.41, 5.74) is 6.12. The number of rotatable bonds is 4. The number of hydrogen-bond acceptors (Lipinski definition) is 4. The third-order valence-electron chi connectivity index (χ3n) is 2.10. The van der Waals surface area contributed by atoms with Gasteiger partial charge in [0, 0.05) is 6.54 Å². The van der Waals surface area contributed by atoms with Gasteiger partial charge in [0.25, 0.3) is 5.91 Å². The van der Waals surface area contributed by atoms with Crippen LogP contribution in [0.4, 0.5) is 0 Å². The van der Waals surface area contributed by atoms with Crippen molar-refractivity contribution in [1.29, 1.82) is 0 Å². The molecule has 0 aromatic carbocycles. The molecule has 3 N–H and O–H groups in total. The van der Waals surface area contributed by atoms with Gasteiger partial charge in [0.05, 0.1) is 6.04 Å². The van der Waals surface area contributed by atoms with Crippen molar-refractivity contribution in [3.8, 4) is 0 Å². The minimum absolute atomic E-state index is 0.228. The lowest BCUT2D eigenvalue weighted by Gasteiger charge is -2.10. The topological polar surface area (TPSA) is 81.2 Å². The highest BCUT2D eigenvalue weighted by molar-refractivity contribution is 5.91. The van der Waals surface area contributed by atoms with Crippen LogP contribution in [0, 0.1) is 5.92 Å². The lowest BCUT2D eigenvalue weighted by Crippen LogP contribution is -2.23. The molecule has 84 valence electrons. The molecule has 0 aliphatic carbocycles. The first-order valence-electron chi connectivity index (χ1n) is 5.05.